The molecule has 4 N–H and O–H groups in total. The van der Waals surface area contributed by atoms with Crippen LogP contribution in [0.5, 0.6) is 0 Å². The minimum Gasteiger partial charge on any atom is -0.595 e. The number of anilines is 1. The molecule has 1 atom stereocenters. The second kappa shape index (κ2) is 9.29. The van der Waals surface area contributed by atoms with Gasteiger partial charge in [-0.1, -0.05) is 12.1 Å². The predicted octanol–water partition coefficient (Wildman–Crippen LogP) is 1.67. The van der Waals surface area contributed by atoms with E-state index in [4.69, 9.17) is 17.4 Å². The number of allylic oxidation sites excluding steroid dienone is 1. The van der Waals surface area contributed by atoms with E-state index in [9.17, 15) is 20.1 Å². The Morgan fingerprint density at radius 1 is 1.26 bits per heavy atom. The highest BCUT2D eigenvalue weighted by molar-refractivity contribution is 7.80. The molecule has 9 nitrogen and oxygen atoms in total. The number of amides is 2. The molecule has 2 amide bonds. The summed E-state index contributed by atoms with van der Waals surface area (Å²) in [5, 5.41) is 33.9. The summed E-state index contributed by atoms with van der Waals surface area (Å²) in [7, 11) is 0. The molecule has 3 rings (SSSR count). The Hall–Kier alpha value is -3.88. The van der Waals surface area contributed by atoms with Crippen molar-refractivity contribution in [1.29, 1.82) is 5.26 Å². The van der Waals surface area contributed by atoms with Crippen LogP contribution in [0, 0.1) is 16.5 Å². The van der Waals surface area contributed by atoms with Gasteiger partial charge in [0.1, 0.15) is 11.8 Å². The predicted molar refractivity (Wildman–Crippen MR) is 117 cm³/mol. The summed E-state index contributed by atoms with van der Waals surface area (Å²) in [5.41, 5.74) is 2.29. The Labute approximate surface area is 183 Å². The summed E-state index contributed by atoms with van der Waals surface area (Å²) in [5.74, 6) is -0.617. The number of quaternary nitrogens is 1. The summed E-state index contributed by atoms with van der Waals surface area (Å²) in [6.45, 7) is 1.41. The number of thiocarbonyl (C=S) groups is 1. The van der Waals surface area contributed by atoms with Crippen molar-refractivity contribution in [2.75, 3.05) is 5.32 Å². The monoisotopic (exact) mass is 435 g/mol. The number of hydrogen-bond donors (Lipinski definition) is 4. The van der Waals surface area contributed by atoms with Crippen LogP contribution in [0.1, 0.15) is 18.1 Å². The van der Waals surface area contributed by atoms with Gasteiger partial charge in [-0.2, -0.15) is 10.5 Å². The van der Waals surface area contributed by atoms with E-state index in [1.54, 1.807) is 30.3 Å². The molecule has 10 heteroatoms. The first-order valence-electron chi connectivity index (χ1n) is 8.98. The van der Waals surface area contributed by atoms with Crippen LogP contribution < -0.4 is 15.9 Å². The SMILES string of the molecule is CC(=O)Nc1ccc(/C=C2\C(=O)NC(=S)N2/C=C(\C#N)c2ccc([NH+]([O-])O)cc2)cc1. The first-order chi connectivity index (χ1) is 14.8. The average Bonchev–Trinajstić information content (AvgIpc) is 2.99. The lowest BCUT2D eigenvalue weighted by Crippen LogP contribution is -2.99. The van der Waals surface area contributed by atoms with E-state index in [0.29, 0.717) is 16.8 Å². The number of benzene rings is 2. The van der Waals surface area contributed by atoms with Gasteiger partial charge in [-0.25, -0.2) is 5.21 Å². The first-order valence-corrected chi connectivity index (χ1v) is 9.39. The number of carbonyl (C=O) groups excluding carboxylic acids is 2. The standard InChI is InChI=1S/C21H17N5O4S/c1-13(27)23-17-6-2-14(3-7-17)10-19-20(28)24-21(31)25(19)12-16(11-22)15-4-8-18(9-5-15)26(29)30/h2-10,12,26,29H,1H3,(H,23,27)(H,24,28,31)/b16-12+,19-10+. The van der Waals surface area contributed by atoms with Crippen molar-refractivity contribution in [3.63, 3.8) is 0 Å². The molecule has 31 heavy (non-hydrogen) atoms. The summed E-state index contributed by atoms with van der Waals surface area (Å²) in [6, 6.07) is 14.7. The molecular weight excluding hydrogens is 418 g/mol. The highest BCUT2D eigenvalue weighted by Crippen LogP contribution is 2.23. The van der Waals surface area contributed by atoms with E-state index in [2.05, 4.69) is 10.6 Å². The molecule has 1 aliphatic heterocycles. The molecule has 1 saturated heterocycles. The molecule has 2 aromatic rings. The zero-order valence-electron chi connectivity index (χ0n) is 16.2. The van der Waals surface area contributed by atoms with Gasteiger partial charge in [0.15, 0.2) is 10.8 Å². The summed E-state index contributed by atoms with van der Waals surface area (Å²) < 4.78 is 0. The van der Waals surface area contributed by atoms with Gasteiger partial charge in [-0.15, -0.1) is 0 Å². The normalized spacial score (nSPS) is 16.1. The second-order valence-electron chi connectivity index (χ2n) is 6.50. The van der Waals surface area contributed by atoms with Crippen molar-refractivity contribution in [3.8, 4) is 6.07 Å². The van der Waals surface area contributed by atoms with Crippen LogP contribution in [0.15, 0.2) is 60.4 Å². The topological polar surface area (TPSA) is 133 Å². The molecule has 1 unspecified atom stereocenters. The number of nitrogens with one attached hydrogen (secondary N) is 3. The van der Waals surface area contributed by atoms with E-state index in [-0.39, 0.29) is 28.0 Å². The molecule has 1 fully saturated rings. The molecule has 0 radical (unpaired) electrons. The summed E-state index contributed by atoms with van der Waals surface area (Å²) >= 11 is 5.22. The zero-order valence-corrected chi connectivity index (χ0v) is 17.1. The third-order valence-electron chi connectivity index (χ3n) is 4.29. The zero-order chi connectivity index (χ0) is 22.5. The van der Waals surface area contributed by atoms with Crippen molar-refractivity contribution in [3.05, 3.63) is 76.8 Å². The Morgan fingerprint density at radius 3 is 2.45 bits per heavy atom. The molecule has 0 aliphatic carbocycles. The second-order valence-corrected chi connectivity index (χ2v) is 6.89. The van der Waals surface area contributed by atoms with Gasteiger partial charge in [-0.3, -0.25) is 19.8 Å². The third kappa shape index (κ3) is 5.19. The molecule has 0 saturated carbocycles. The molecule has 0 aromatic heterocycles. The molecule has 156 valence electrons. The molecule has 1 heterocycles. The van der Waals surface area contributed by atoms with E-state index in [1.807, 2.05) is 6.07 Å². The van der Waals surface area contributed by atoms with E-state index < -0.39 is 11.1 Å². The number of carbonyl (C=O) groups is 2. The summed E-state index contributed by atoms with van der Waals surface area (Å²) in [4.78, 5) is 24.9. The highest BCUT2D eigenvalue weighted by atomic mass is 32.1. The fourth-order valence-corrected chi connectivity index (χ4v) is 3.06. The average molecular weight is 435 g/mol. The highest BCUT2D eigenvalue weighted by Gasteiger charge is 2.29. The van der Waals surface area contributed by atoms with Crippen LogP contribution >= 0.6 is 12.2 Å². The van der Waals surface area contributed by atoms with Gasteiger partial charge in [0.2, 0.25) is 5.91 Å². The van der Waals surface area contributed by atoms with Gasteiger partial charge < -0.3 is 10.5 Å². The van der Waals surface area contributed by atoms with Crippen LogP contribution in [0.25, 0.3) is 11.6 Å². The van der Waals surface area contributed by atoms with Gasteiger partial charge >= 0.3 is 0 Å². The molecule has 2 aromatic carbocycles. The van der Waals surface area contributed by atoms with Crippen molar-refractivity contribution < 1.29 is 20.0 Å². The molecule has 0 spiro atoms. The van der Waals surface area contributed by atoms with Crippen molar-refractivity contribution >= 4 is 52.2 Å². The van der Waals surface area contributed by atoms with Crippen LogP contribution in [-0.2, 0) is 9.59 Å². The van der Waals surface area contributed by atoms with Crippen LogP contribution in [0.2, 0.25) is 0 Å². The van der Waals surface area contributed by atoms with Gasteiger partial charge in [0.05, 0.1) is 5.57 Å². The third-order valence-corrected chi connectivity index (χ3v) is 4.59. The first kappa shape index (κ1) is 21.8. The number of hydrogen-bond acceptors (Lipinski definition) is 6. The lowest BCUT2D eigenvalue weighted by Gasteiger charge is -2.14. The minimum absolute atomic E-state index is 0.0953. The smallest absolute Gasteiger partial charge is 0.274 e. The van der Waals surface area contributed by atoms with Gasteiger partial charge in [0.25, 0.3) is 5.91 Å². The van der Waals surface area contributed by atoms with E-state index in [1.165, 1.54) is 42.3 Å². The molecule has 0 bridgehead atoms. The Bertz CT molecular complexity index is 1130. The lowest BCUT2D eigenvalue weighted by atomic mass is 10.1. The van der Waals surface area contributed by atoms with Gasteiger partial charge in [0, 0.05) is 30.9 Å². The van der Waals surface area contributed by atoms with E-state index >= 15 is 0 Å². The Balaban J connectivity index is 1.93. The lowest BCUT2D eigenvalue weighted by molar-refractivity contribution is -0.991. The van der Waals surface area contributed by atoms with Crippen LogP contribution in [0.3, 0.4) is 0 Å². The maximum atomic E-state index is 12.4. The minimum atomic E-state index is -1.07. The van der Waals surface area contributed by atoms with Crippen molar-refractivity contribution in [1.82, 2.24) is 10.2 Å². The molecule has 1 aliphatic rings. The Morgan fingerprint density at radius 2 is 1.90 bits per heavy atom. The summed E-state index contributed by atoms with van der Waals surface area (Å²) in [6.07, 6.45) is 3.03. The maximum Gasteiger partial charge on any atom is 0.274 e. The number of rotatable bonds is 5. The molecular formula is C21H17N5O4S. The number of nitriles is 1. The fraction of sp³-hybridized carbons (Fsp3) is 0.0476. The van der Waals surface area contributed by atoms with E-state index in [0.717, 1.165) is 0 Å². The van der Waals surface area contributed by atoms with Crippen molar-refractivity contribution in [2.24, 2.45) is 0 Å². The fourth-order valence-electron chi connectivity index (χ4n) is 2.82. The quantitative estimate of drug-likeness (QED) is 0.243. The van der Waals surface area contributed by atoms with Gasteiger partial charge in [-0.05, 0) is 53.7 Å². The van der Waals surface area contributed by atoms with Crippen molar-refractivity contribution in [2.45, 2.75) is 6.92 Å². The van der Waals surface area contributed by atoms with Crippen LogP contribution in [0.4, 0.5) is 11.4 Å². The largest absolute Gasteiger partial charge is 0.595 e. The maximum absolute atomic E-state index is 12.4. The van der Waals surface area contributed by atoms with Crippen LogP contribution in [-0.4, -0.2) is 27.0 Å². The Kier molecular flexibility index (Phi) is 6.54. The number of nitrogens with zero attached hydrogens (tertiary/aromatic N) is 2.